The number of aryl methyl sites for hydroxylation is 2. The van der Waals surface area contributed by atoms with E-state index in [1.807, 2.05) is 18.5 Å². The third kappa shape index (κ3) is 9.23. The van der Waals surface area contributed by atoms with Crippen LogP contribution >= 0.6 is 0 Å². The van der Waals surface area contributed by atoms with E-state index in [9.17, 15) is 0 Å². The molecule has 1 aromatic carbocycles. The van der Waals surface area contributed by atoms with Crippen LogP contribution < -0.4 is 16.3 Å². The number of nitrogens with two attached hydrogens (primary N) is 1. The first-order valence-electron chi connectivity index (χ1n) is 21.1. The largest absolute Gasteiger partial charge is 0.404 e. The molecule has 0 fully saturated rings. The molecule has 0 spiro atoms. The Morgan fingerprint density at radius 3 is 2.31 bits per heavy atom. The minimum atomic E-state index is 0.813. The number of rotatable bonds is 13. The van der Waals surface area contributed by atoms with Crippen LogP contribution in [0.25, 0.3) is 52.8 Å². The molecule has 4 nitrogen and oxygen atoms in total. The molecule has 58 heavy (non-hydrogen) atoms. The van der Waals surface area contributed by atoms with Crippen molar-refractivity contribution in [3.8, 4) is 5.69 Å². The lowest BCUT2D eigenvalue weighted by molar-refractivity contribution is 0.961. The second-order valence-electron chi connectivity index (χ2n) is 16.3. The first-order valence-corrected chi connectivity index (χ1v) is 21.1. The summed E-state index contributed by atoms with van der Waals surface area (Å²) in [6.45, 7) is 30.7. The highest BCUT2D eigenvalue weighted by molar-refractivity contribution is 5.94. The van der Waals surface area contributed by atoms with E-state index in [0.29, 0.717) is 0 Å². The van der Waals surface area contributed by atoms with Gasteiger partial charge in [-0.15, -0.1) is 0 Å². The predicted octanol–water partition coefficient (Wildman–Crippen LogP) is 13.1. The van der Waals surface area contributed by atoms with Crippen molar-refractivity contribution in [2.45, 2.75) is 115 Å². The number of fused-ring (bicyclic) bond motifs is 1. The standard InChI is InChI=1S/C54H66N4/c1-14-18-19-20-53-46(16-3)51-34-56-24-23-54(51)58(53)45-31-40(11)48(41(12)32-45)29-38(9)28-44(25-35(5)6)57-42(13)47(50(33-55)52(57)17-4)22-21-43(15-2)49-30-37(8)26-36(7)27-39(49)10/h16-17,19-21,23-29,31-34H,3,14-15,18,22,30,55H2,1-2,4-13H3/b20-19-,38-29+,43-21?,44-28+,50-33-,52-17+. The molecule has 0 radical (unpaired) electrons. The van der Waals surface area contributed by atoms with Gasteiger partial charge in [-0.2, -0.15) is 0 Å². The zero-order chi connectivity index (χ0) is 42.3. The second-order valence-corrected chi connectivity index (χ2v) is 16.3. The molecular weight excluding hydrogens is 705 g/mol. The van der Waals surface area contributed by atoms with E-state index in [4.69, 9.17) is 5.73 Å². The number of benzene rings is 1. The average molecular weight is 771 g/mol. The van der Waals surface area contributed by atoms with Gasteiger partial charge in [-0.3, -0.25) is 4.98 Å². The number of hydrogen-bond acceptors (Lipinski definition) is 2. The summed E-state index contributed by atoms with van der Waals surface area (Å²) in [7, 11) is 0. The monoisotopic (exact) mass is 771 g/mol. The first-order chi connectivity index (χ1) is 27.8. The van der Waals surface area contributed by atoms with Crippen LogP contribution in [0.5, 0.6) is 0 Å². The summed E-state index contributed by atoms with van der Waals surface area (Å²) in [4.78, 5) is 4.46. The van der Waals surface area contributed by atoms with Crippen molar-refractivity contribution in [2.75, 3.05) is 0 Å². The third-order valence-electron chi connectivity index (χ3n) is 11.3. The molecule has 5 rings (SSSR count). The van der Waals surface area contributed by atoms with E-state index < -0.39 is 0 Å². The van der Waals surface area contributed by atoms with Crippen LogP contribution in [-0.2, 0) is 6.42 Å². The Hall–Kier alpha value is -5.61. The Morgan fingerprint density at radius 1 is 0.966 bits per heavy atom. The molecule has 1 aliphatic carbocycles. The molecule has 0 saturated heterocycles. The lowest BCUT2D eigenvalue weighted by atomic mass is 9.92. The van der Waals surface area contributed by atoms with E-state index in [1.54, 1.807) is 6.20 Å². The van der Waals surface area contributed by atoms with Crippen molar-refractivity contribution >= 4 is 47.1 Å². The molecule has 4 heteroatoms. The van der Waals surface area contributed by atoms with Gasteiger partial charge >= 0.3 is 0 Å². The maximum atomic E-state index is 6.48. The van der Waals surface area contributed by atoms with Crippen LogP contribution in [-0.4, -0.2) is 14.1 Å². The fourth-order valence-corrected chi connectivity index (χ4v) is 8.72. The quantitative estimate of drug-likeness (QED) is 0.138. The third-order valence-corrected chi connectivity index (χ3v) is 11.3. The molecule has 0 bridgehead atoms. The van der Waals surface area contributed by atoms with Gasteiger partial charge in [-0.1, -0.05) is 86.1 Å². The molecule has 4 aromatic rings. The maximum absolute atomic E-state index is 6.48. The lowest BCUT2D eigenvalue weighted by Crippen LogP contribution is -2.31. The first kappa shape index (κ1) is 43.5. The summed E-state index contributed by atoms with van der Waals surface area (Å²) in [6, 6.07) is 6.73. The Morgan fingerprint density at radius 2 is 1.69 bits per heavy atom. The van der Waals surface area contributed by atoms with E-state index in [2.05, 4.69) is 177 Å². The van der Waals surface area contributed by atoms with Crippen molar-refractivity contribution < 1.29 is 0 Å². The topological polar surface area (TPSA) is 48.8 Å². The van der Waals surface area contributed by atoms with Crippen LogP contribution in [0.15, 0.2) is 113 Å². The summed E-state index contributed by atoms with van der Waals surface area (Å²) >= 11 is 0. The smallest absolute Gasteiger partial charge is 0.0571 e. The second kappa shape index (κ2) is 19.2. The maximum Gasteiger partial charge on any atom is 0.0571 e. The SMILES string of the molecule is C=Cc1c(/C=C\CCC)n(-c2cc(C)c(/C=C(C)/C=C(\C=C(C)C)n3c(C)c(CC=C(CC)C4=C(C)C=C(C)C=C(C)C4)c(=C/N)/c3=C\C)c(C)c2)c2ccncc12. The highest BCUT2D eigenvalue weighted by atomic mass is 15.0. The Kier molecular flexibility index (Phi) is 14.4. The van der Waals surface area contributed by atoms with Crippen molar-refractivity contribution in [2.24, 2.45) is 5.73 Å². The number of pyridine rings is 1. The highest BCUT2D eigenvalue weighted by Gasteiger charge is 2.18. The zero-order valence-corrected chi connectivity index (χ0v) is 37.4. The zero-order valence-electron chi connectivity index (χ0n) is 37.4. The number of allylic oxidation sites excluding steroid dienone is 14. The molecule has 0 amide bonds. The van der Waals surface area contributed by atoms with Gasteiger partial charge in [0.25, 0.3) is 0 Å². The van der Waals surface area contributed by atoms with Crippen molar-refractivity contribution in [3.05, 3.63) is 162 Å². The molecule has 0 saturated carbocycles. The number of nitrogens with zero attached hydrogens (tertiary/aromatic N) is 3. The summed E-state index contributed by atoms with van der Waals surface area (Å²) in [5.41, 5.74) is 27.6. The number of unbranched alkanes of at least 4 members (excludes halogenated alkanes) is 1. The van der Waals surface area contributed by atoms with Crippen LogP contribution in [0.3, 0.4) is 0 Å². The van der Waals surface area contributed by atoms with Gasteiger partial charge < -0.3 is 14.9 Å². The normalized spacial score (nSPS) is 15.1. The molecule has 1 aliphatic rings. The molecular formula is C54H66N4. The summed E-state index contributed by atoms with van der Waals surface area (Å²) < 4.78 is 4.75. The van der Waals surface area contributed by atoms with E-state index in [1.165, 1.54) is 67.0 Å². The van der Waals surface area contributed by atoms with E-state index >= 15 is 0 Å². The predicted molar refractivity (Wildman–Crippen MR) is 256 cm³/mol. The molecule has 0 atom stereocenters. The average Bonchev–Trinajstić information content (AvgIpc) is 3.59. The summed E-state index contributed by atoms with van der Waals surface area (Å²) in [5.74, 6) is 0. The van der Waals surface area contributed by atoms with Crippen LogP contribution in [0.4, 0.5) is 0 Å². The van der Waals surface area contributed by atoms with Gasteiger partial charge in [0.2, 0.25) is 0 Å². The molecule has 3 heterocycles. The summed E-state index contributed by atoms with van der Waals surface area (Å²) in [6.07, 6.45) is 33.2. The fraction of sp³-hybridized carbons (Fsp3) is 0.315. The molecule has 2 N–H and O–H groups in total. The number of aromatic nitrogens is 3. The van der Waals surface area contributed by atoms with Gasteiger partial charge in [-0.25, -0.2) is 0 Å². The minimum Gasteiger partial charge on any atom is -0.404 e. The van der Waals surface area contributed by atoms with Gasteiger partial charge in [0, 0.05) is 51.8 Å². The number of hydrogen-bond donors (Lipinski definition) is 1. The van der Waals surface area contributed by atoms with Crippen molar-refractivity contribution in [1.29, 1.82) is 0 Å². The molecule has 302 valence electrons. The molecule has 0 aliphatic heterocycles. The van der Waals surface area contributed by atoms with Gasteiger partial charge in [-0.05, 0) is 176 Å². The van der Waals surface area contributed by atoms with E-state index in [-0.39, 0.29) is 0 Å². The Labute approximate surface area is 349 Å². The Bertz CT molecular complexity index is 2580. The van der Waals surface area contributed by atoms with Crippen molar-refractivity contribution in [1.82, 2.24) is 14.1 Å². The molecule has 3 aromatic heterocycles. The van der Waals surface area contributed by atoms with Gasteiger partial charge in [0.05, 0.1) is 16.6 Å². The van der Waals surface area contributed by atoms with Crippen LogP contribution in [0.2, 0.25) is 0 Å². The lowest BCUT2D eigenvalue weighted by Gasteiger charge is -2.15. The Balaban J connectivity index is 1.61. The highest BCUT2D eigenvalue weighted by Crippen LogP contribution is 2.34. The van der Waals surface area contributed by atoms with Crippen LogP contribution in [0, 0.1) is 20.8 Å². The van der Waals surface area contributed by atoms with Gasteiger partial charge in [0.1, 0.15) is 0 Å². The minimum absolute atomic E-state index is 0.813. The van der Waals surface area contributed by atoms with Crippen molar-refractivity contribution in [3.63, 3.8) is 0 Å². The summed E-state index contributed by atoms with van der Waals surface area (Å²) in [5, 5.41) is 3.32. The van der Waals surface area contributed by atoms with Gasteiger partial charge in [0.15, 0.2) is 0 Å². The van der Waals surface area contributed by atoms with E-state index in [0.717, 1.165) is 76.2 Å². The molecule has 0 unspecified atom stereocenters. The van der Waals surface area contributed by atoms with Crippen LogP contribution in [0.1, 0.15) is 127 Å². The fourth-order valence-electron chi connectivity index (χ4n) is 8.72.